The number of fused-ring (bicyclic) bond motifs is 2. The summed E-state index contributed by atoms with van der Waals surface area (Å²) in [6.45, 7) is 4.42. The average Bonchev–Trinajstić information content (AvgIpc) is 3.19. The number of ether oxygens (including phenoxy) is 2. The number of carboxylic acids is 3. The summed E-state index contributed by atoms with van der Waals surface area (Å²) in [5, 5.41) is 26.8. The number of carbonyl (C=O) groups is 3. The van der Waals surface area contributed by atoms with E-state index >= 15 is 0 Å². The van der Waals surface area contributed by atoms with Crippen LogP contribution in [0.15, 0.2) is 98.4 Å². The first-order chi connectivity index (χ1) is 29.3. The van der Waals surface area contributed by atoms with E-state index in [1.807, 2.05) is 49.4 Å². The van der Waals surface area contributed by atoms with Crippen molar-refractivity contribution in [2.24, 2.45) is 32.9 Å². The minimum Gasteiger partial charge on any atom is -0.493 e. The number of nitrogens with two attached hydrogens (primary N) is 4. The fourth-order valence-electron chi connectivity index (χ4n) is 5.74. The molecule has 0 saturated carbocycles. The van der Waals surface area contributed by atoms with Gasteiger partial charge in [0.1, 0.15) is 11.5 Å². The van der Waals surface area contributed by atoms with Crippen LogP contribution < -0.4 is 43.5 Å². The Morgan fingerprint density at radius 1 is 0.661 bits per heavy atom. The summed E-state index contributed by atoms with van der Waals surface area (Å²) < 4.78 is 46.3. The molecule has 0 amide bonds. The number of benzene rings is 3. The first-order valence-electron chi connectivity index (χ1n) is 18.8. The molecule has 0 aliphatic heterocycles. The zero-order valence-corrected chi connectivity index (χ0v) is 33.5. The average molecular weight is 869 g/mol. The molecule has 0 aliphatic carbocycles. The number of guanidine groups is 2. The summed E-state index contributed by atoms with van der Waals surface area (Å²) in [7, 11) is 0. The van der Waals surface area contributed by atoms with E-state index in [1.165, 1.54) is 0 Å². The molecule has 0 fully saturated rings. The largest absolute Gasteiger partial charge is 0.493 e. The molecule has 18 nitrogen and oxygen atoms in total. The summed E-state index contributed by atoms with van der Waals surface area (Å²) in [4.78, 5) is 64.3. The Hall–Kier alpha value is -7.58. The van der Waals surface area contributed by atoms with Crippen molar-refractivity contribution in [3.05, 3.63) is 116 Å². The molecule has 0 aliphatic rings. The van der Waals surface area contributed by atoms with Crippen LogP contribution in [0.1, 0.15) is 36.5 Å². The van der Waals surface area contributed by atoms with Gasteiger partial charge in [-0.2, -0.15) is 13.2 Å². The number of aliphatic carboxylic acids is 3. The van der Waals surface area contributed by atoms with Crippen molar-refractivity contribution in [1.82, 2.24) is 9.13 Å². The number of carboxylic acid groups (broad SMARTS) is 3. The maximum atomic E-state index is 13.0. The third kappa shape index (κ3) is 15.5. The summed E-state index contributed by atoms with van der Waals surface area (Å²) in [6.07, 6.45) is -4.40. The van der Waals surface area contributed by atoms with Crippen molar-refractivity contribution in [2.75, 3.05) is 26.3 Å². The zero-order valence-electron chi connectivity index (χ0n) is 33.5. The molecule has 5 rings (SSSR count). The lowest BCUT2D eigenvalue weighted by atomic mass is 10.1. The zero-order chi connectivity index (χ0) is 46.0. The number of halogens is 3. The van der Waals surface area contributed by atoms with Gasteiger partial charge in [0.05, 0.1) is 43.6 Å². The first-order valence-corrected chi connectivity index (χ1v) is 18.8. The van der Waals surface area contributed by atoms with Crippen molar-refractivity contribution in [1.29, 1.82) is 0 Å². The second kappa shape index (κ2) is 23.3. The standard InChI is InChI=1S/C22H24N4O4.C17H22N4O4.C2HF3O2/c23-22(24)25-9-4-10-30-18-8-7-16-11-17(12-20(27)28)21(29)26(19(16)13-18)14-15-5-2-1-3-6-15;1-2-21-14-10-13(25-7-3-6-20-17(18)19)5-4-11(14)8-12(16(21)24)9-15(22)23;3-2(4,5)1(6)7/h1-3,5-8,11,13H,4,9-10,12,14H2,(H,27,28)(H4,23,24,25);4-5,8,10H,2-3,6-7,9H2,1H3,(H,22,23)(H4,18,19,20);(H,6,7). The quantitative estimate of drug-likeness (QED) is 0.0402. The molecule has 11 N–H and O–H groups in total. The normalized spacial score (nSPS) is 10.7. The lowest BCUT2D eigenvalue weighted by molar-refractivity contribution is -0.192. The number of pyridine rings is 2. The maximum Gasteiger partial charge on any atom is 0.490 e. The number of nitrogens with zero attached hydrogens (tertiary/aromatic N) is 4. The topological polar surface area (TPSA) is 303 Å². The van der Waals surface area contributed by atoms with E-state index in [1.54, 1.807) is 45.5 Å². The molecular formula is C41H47F3N8O10. The molecular weight excluding hydrogens is 821 g/mol. The van der Waals surface area contributed by atoms with Crippen LogP contribution >= 0.6 is 0 Å². The molecule has 0 bridgehead atoms. The fourth-order valence-corrected chi connectivity index (χ4v) is 5.74. The van der Waals surface area contributed by atoms with Crippen molar-refractivity contribution in [3.63, 3.8) is 0 Å². The molecule has 0 unspecified atom stereocenters. The van der Waals surface area contributed by atoms with Crippen LogP contribution in [0.2, 0.25) is 0 Å². The predicted octanol–water partition coefficient (Wildman–Crippen LogP) is 3.04. The van der Waals surface area contributed by atoms with Gasteiger partial charge >= 0.3 is 24.1 Å². The van der Waals surface area contributed by atoms with E-state index in [2.05, 4.69) is 9.98 Å². The Balaban J connectivity index is 0.000000290. The number of alkyl halides is 3. The minimum absolute atomic E-state index is 0.0443. The van der Waals surface area contributed by atoms with Crippen molar-refractivity contribution in [3.8, 4) is 11.5 Å². The van der Waals surface area contributed by atoms with E-state index in [0.29, 0.717) is 74.8 Å². The molecule has 0 atom stereocenters. The van der Waals surface area contributed by atoms with E-state index in [0.717, 1.165) is 16.3 Å². The van der Waals surface area contributed by atoms with Crippen LogP contribution in [0, 0.1) is 0 Å². The Morgan fingerprint density at radius 2 is 1.08 bits per heavy atom. The van der Waals surface area contributed by atoms with Crippen LogP contribution in [0.5, 0.6) is 11.5 Å². The molecule has 0 spiro atoms. The van der Waals surface area contributed by atoms with Gasteiger partial charge in [0, 0.05) is 55.7 Å². The lowest BCUT2D eigenvalue weighted by Crippen LogP contribution is -2.26. The summed E-state index contributed by atoms with van der Waals surface area (Å²) >= 11 is 0. The molecule has 2 heterocycles. The third-order valence-corrected chi connectivity index (χ3v) is 8.44. The molecule has 0 radical (unpaired) electrons. The Kier molecular flexibility index (Phi) is 18.3. The molecule has 332 valence electrons. The predicted molar refractivity (Wildman–Crippen MR) is 226 cm³/mol. The summed E-state index contributed by atoms with van der Waals surface area (Å²) in [5.41, 5.74) is 23.4. The Bertz CT molecular complexity index is 2520. The van der Waals surface area contributed by atoms with Gasteiger partial charge in [-0.05, 0) is 59.7 Å². The van der Waals surface area contributed by atoms with Crippen LogP contribution in [-0.4, -0.2) is 86.8 Å². The first kappa shape index (κ1) is 48.8. The summed E-state index contributed by atoms with van der Waals surface area (Å²) in [6, 6.07) is 23.6. The van der Waals surface area contributed by atoms with Crippen molar-refractivity contribution in [2.45, 2.75) is 51.9 Å². The highest BCUT2D eigenvalue weighted by Gasteiger charge is 2.38. The number of hydrogen-bond donors (Lipinski definition) is 7. The van der Waals surface area contributed by atoms with Crippen molar-refractivity contribution < 1.29 is 52.3 Å². The smallest absolute Gasteiger partial charge is 0.490 e. The van der Waals surface area contributed by atoms with Crippen molar-refractivity contribution >= 4 is 51.6 Å². The monoisotopic (exact) mass is 868 g/mol. The third-order valence-electron chi connectivity index (χ3n) is 8.44. The minimum atomic E-state index is -5.08. The number of aryl methyl sites for hydroxylation is 1. The van der Waals surface area contributed by atoms with Crippen LogP contribution in [0.4, 0.5) is 13.2 Å². The van der Waals surface area contributed by atoms with Gasteiger partial charge in [0.15, 0.2) is 11.9 Å². The van der Waals surface area contributed by atoms with E-state index < -0.39 is 24.1 Å². The number of aromatic nitrogens is 2. The second-order valence-electron chi connectivity index (χ2n) is 13.2. The molecule has 2 aromatic heterocycles. The van der Waals surface area contributed by atoms with E-state index in [4.69, 9.17) is 47.4 Å². The van der Waals surface area contributed by atoms with Gasteiger partial charge in [0.25, 0.3) is 11.1 Å². The highest BCUT2D eigenvalue weighted by Crippen LogP contribution is 2.23. The van der Waals surface area contributed by atoms with Gasteiger partial charge in [0.2, 0.25) is 0 Å². The molecule has 3 aromatic carbocycles. The fraction of sp³-hybridized carbons (Fsp3) is 0.293. The Morgan fingerprint density at radius 3 is 1.47 bits per heavy atom. The maximum absolute atomic E-state index is 13.0. The molecule has 5 aromatic rings. The van der Waals surface area contributed by atoms with Gasteiger partial charge in [-0.3, -0.25) is 29.2 Å². The van der Waals surface area contributed by atoms with Gasteiger partial charge < -0.3 is 56.9 Å². The Labute approximate surface area is 351 Å². The molecule has 0 saturated heterocycles. The summed E-state index contributed by atoms with van der Waals surface area (Å²) in [5.74, 6) is -3.49. The van der Waals surface area contributed by atoms with Gasteiger partial charge in [-0.15, -0.1) is 0 Å². The SMILES string of the molecule is CCn1c(=O)c(CC(=O)O)cc2ccc(OCCCN=C(N)N)cc21.NC(N)=NCCCOc1ccc2cc(CC(=O)O)c(=O)n(Cc3ccccc3)c2c1.O=C(O)C(F)(F)F. The highest BCUT2D eigenvalue weighted by molar-refractivity contribution is 5.84. The van der Waals surface area contributed by atoms with Crippen LogP contribution in [-0.2, 0) is 40.3 Å². The molecule has 21 heteroatoms. The highest BCUT2D eigenvalue weighted by atomic mass is 19.4. The van der Waals surface area contributed by atoms with Gasteiger partial charge in [-0.1, -0.05) is 30.3 Å². The molecule has 62 heavy (non-hydrogen) atoms. The van der Waals surface area contributed by atoms with Crippen LogP contribution in [0.25, 0.3) is 21.8 Å². The number of aliphatic imine (C=N–C) groups is 2. The van der Waals surface area contributed by atoms with Gasteiger partial charge in [-0.25, -0.2) is 4.79 Å². The number of hydrogen-bond acceptors (Lipinski definition) is 9. The second-order valence-corrected chi connectivity index (χ2v) is 13.2. The van der Waals surface area contributed by atoms with Crippen LogP contribution in [0.3, 0.4) is 0 Å². The lowest BCUT2D eigenvalue weighted by Gasteiger charge is -2.14. The van der Waals surface area contributed by atoms with E-state index in [-0.39, 0.29) is 47.0 Å². The van der Waals surface area contributed by atoms with E-state index in [9.17, 15) is 37.5 Å². The number of rotatable bonds is 17.